The summed E-state index contributed by atoms with van der Waals surface area (Å²) in [5, 5.41) is 0. The molecule has 1 rings (SSSR count). The van der Waals surface area contributed by atoms with Crippen LogP contribution in [0.15, 0.2) is 6.33 Å². The van der Waals surface area contributed by atoms with Gasteiger partial charge in [-0.15, -0.1) is 0 Å². The summed E-state index contributed by atoms with van der Waals surface area (Å²) in [5.41, 5.74) is -0.0223. The summed E-state index contributed by atoms with van der Waals surface area (Å²) in [4.78, 5) is 27.1. The third kappa shape index (κ3) is 4.04. The minimum Gasteiger partial charge on any atom is -0.464 e. The Kier molecular flexibility index (Phi) is 6.68. The molecule has 0 spiro atoms. The van der Waals surface area contributed by atoms with Crippen molar-refractivity contribution in [1.29, 1.82) is 0 Å². The van der Waals surface area contributed by atoms with Crippen LogP contribution in [0, 0.1) is 0 Å². The van der Waals surface area contributed by atoms with Crippen molar-refractivity contribution in [3.8, 4) is 0 Å². The summed E-state index contributed by atoms with van der Waals surface area (Å²) in [6, 6.07) is 0. The lowest BCUT2D eigenvalue weighted by molar-refractivity contribution is 0.0531. The van der Waals surface area contributed by atoms with Gasteiger partial charge in [0.05, 0.1) is 40.4 Å². The van der Waals surface area contributed by atoms with Gasteiger partial charge in [0.1, 0.15) is 0 Å². The quantitative estimate of drug-likeness (QED) is 0.495. The fourth-order valence-electron chi connectivity index (χ4n) is 1.52. The summed E-state index contributed by atoms with van der Waals surface area (Å²) in [5.74, 6) is -1.34. The number of carbonyl (C=O) groups is 2. The van der Waals surface area contributed by atoms with Crippen LogP contribution in [0.25, 0.3) is 0 Å². The van der Waals surface area contributed by atoms with E-state index in [9.17, 15) is 9.59 Å². The van der Waals surface area contributed by atoms with Crippen molar-refractivity contribution in [2.45, 2.75) is 6.54 Å². The number of aromatic nitrogens is 2. The molecule has 20 heavy (non-hydrogen) atoms. The molecule has 0 saturated heterocycles. The first-order chi connectivity index (χ1) is 9.65. The van der Waals surface area contributed by atoms with Crippen LogP contribution in [0.1, 0.15) is 21.0 Å². The summed E-state index contributed by atoms with van der Waals surface area (Å²) in [6.45, 7) is 1.65. The Morgan fingerprint density at radius 1 is 1.10 bits per heavy atom. The number of nitrogens with zero attached hydrogens (tertiary/aromatic N) is 2. The average molecular weight is 286 g/mol. The van der Waals surface area contributed by atoms with Crippen LogP contribution in [-0.2, 0) is 25.5 Å². The highest BCUT2D eigenvalue weighted by atomic mass is 16.5. The molecule has 112 valence electrons. The van der Waals surface area contributed by atoms with Gasteiger partial charge in [-0.3, -0.25) is 0 Å². The van der Waals surface area contributed by atoms with Gasteiger partial charge in [0.15, 0.2) is 11.4 Å². The van der Waals surface area contributed by atoms with Gasteiger partial charge in [-0.25, -0.2) is 14.6 Å². The monoisotopic (exact) mass is 286 g/mol. The van der Waals surface area contributed by atoms with Gasteiger partial charge in [0.25, 0.3) is 0 Å². The molecule has 1 heterocycles. The van der Waals surface area contributed by atoms with E-state index in [4.69, 9.17) is 9.47 Å². The van der Waals surface area contributed by atoms with E-state index in [1.54, 1.807) is 7.11 Å². The van der Waals surface area contributed by atoms with Crippen LogP contribution in [0.4, 0.5) is 0 Å². The molecule has 0 saturated carbocycles. The lowest BCUT2D eigenvalue weighted by atomic mass is 10.3. The molecule has 0 amide bonds. The molecule has 1 aromatic heterocycles. The topological polar surface area (TPSA) is 88.9 Å². The van der Waals surface area contributed by atoms with Gasteiger partial charge in [-0.2, -0.15) is 0 Å². The van der Waals surface area contributed by atoms with Gasteiger partial charge in [-0.1, -0.05) is 0 Å². The predicted molar refractivity (Wildman–Crippen MR) is 67.6 cm³/mol. The second-order valence-corrected chi connectivity index (χ2v) is 3.72. The average Bonchev–Trinajstić information content (AvgIpc) is 2.89. The van der Waals surface area contributed by atoms with E-state index in [0.29, 0.717) is 26.4 Å². The summed E-state index contributed by atoms with van der Waals surface area (Å²) >= 11 is 0. The summed E-state index contributed by atoms with van der Waals surface area (Å²) in [6.07, 6.45) is 1.37. The van der Waals surface area contributed by atoms with Crippen LogP contribution in [0.3, 0.4) is 0 Å². The van der Waals surface area contributed by atoms with Crippen molar-refractivity contribution < 1.29 is 28.5 Å². The number of hydrogen-bond acceptors (Lipinski definition) is 7. The SMILES string of the molecule is COCCOCCn1cnc(C(=O)OC)c1C(=O)OC. The van der Waals surface area contributed by atoms with Gasteiger partial charge in [0.2, 0.25) is 0 Å². The van der Waals surface area contributed by atoms with E-state index in [0.717, 1.165) is 0 Å². The molecule has 0 unspecified atom stereocenters. The van der Waals surface area contributed by atoms with Crippen molar-refractivity contribution in [2.24, 2.45) is 0 Å². The van der Waals surface area contributed by atoms with E-state index < -0.39 is 11.9 Å². The van der Waals surface area contributed by atoms with Crippen LogP contribution >= 0.6 is 0 Å². The molecule has 0 N–H and O–H groups in total. The lowest BCUT2D eigenvalue weighted by Gasteiger charge is -2.08. The lowest BCUT2D eigenvalue weighted by Crippen LogP contribution is -2.18. The molecule has 0 aliphatic carbocycles. The largest absolute Gasteiger partial charge is 0.464 e. The van der Waals surface area contributed by atoms with Crippen molar-refractivity contribution >= 4 is 11.9 Å². The molecule has 0 radical (unpaired) electrons. The molecule has 1 aromatic rings. The molecule has 0 fully saturated rings. The molecule has 8 heteroatoms. The molecule has 0 aliphatic rings. The Bertz CT molecular complexity index is 457. The Labute approximate surface area is 116 Å². The minimum absolute atomic E-state index is 0.0506. The fraction of sp³-hybridized carbons (Fsp3) is 0.583. The van der Waals surface area contributed by atoms with E-state index in [1.165, 1.54) is 25.1 Å². The predicted octanol–water partition coefficient (Wildman–Crippen LogP) is 0.119. The normalized spacial score (nSPS) is 10.3. The van der Waals surface area contributed by atoms with Crippen LogP contribution in [-0.4, -0.2) is 62.6 Å². The van der Waals surface area contributed by atoms with Gasteiger partial charge >= 0.3 is 11.9 Å². The second-order valence-electron chi connectivity index (χ2n) is 3.72. The van der Waals surface area contributed by atoms with Crippen LogP contribution < -0.4 is 0 Å². The molecule has 0 aliphatic heterocycles. The number of hydrogen-bond donors (Lipinski definition) is 0. The Balaban J connectivity index is 2.77. The fourth-order valence-corrected chi connectivity index (χ4v) is 1.52. The Morgan fingerprint density at radius 2 is 1.80 bits per heavy atom. The van der Waals surface area contributed by atoms with Crippen LogP contribution in [0.2, 0.25) is 0 Å². The standard InChI is InChI=1S/C12H18N2O6/c1-17-6-7-20-5-4-14-8-13-9(11(15)18-2)10(14)12(16)19-3/h8H,4-7H2,1-3H3. The number of imidazole rings is 1. The Morgan fingerprint density at radius 3 is 2.40 bits per heavy atom. The maximum atomic E-state index is 11.7. The zero-order chi connectivity index (χ0) is 15.0. The summed E-state index contributed by atoms with van der Waals surface area (Å²) < 4.78 is 20.9. The summed E-state index contributed by atoms with van der Waals surface area (Å²) in [7, 11) is 4.03. The molecule has 0 bridgehead atoms. The number of carbonyl (C=O) groups excluding carboxylic acids is 2. The molecular formula is C12H18N2O6. The molecule has 0 aromatic carbocycles. The zero-order valence-corrected chi connectivity index (χ0v) is 11.7. The van der Waals surface area contributed by atoms with Gasteiger partial charge in [0, 0.05) is 13.7 Å². The third-order valence-electron chi connectivity index (χ3n) is 2.50. The highest BCUT2D eigenvalue weighted by molar-refractivity contribution is 6.00. The number of esters is 2. The third-order valence-corrected chi connectivity index (χ3v) is 2.50. The molecular weight excluding hydrogens is 268 g/mol. The van der Waals surface area contributed by atoms with E-state index >= 15 is 0 Å². The Hall–Kier alpha value is -1.93. The first-order valence-electron chi connectivity index (χ1n) is 5.94. The van der Waals surface area contributed by atoms with Crippen molar-refractivity contribution in [3.63, 3.8) is 0 Å². The molecule has 8 nitrogen and oxygen atoms in total. The number of methoxy groups -OCH3 is 3. The highest BCUT2D eigenvalue weighted by Gasteiger charge is 2.24. The van der Waals surface area contributed by atoms with E-state index in [1.807, 2.05) is 0 Å². The first kappa shape index (κ1) is 16.1. The van der Waals surface area contributed by atoms with Crippen molar-refractivity contribution in [2.75, 3.05) is 41.2 Å². The van der Waals surface area contributed by atoms with Crippen LogP contribution in [0.5, 0.6) is 0 Å². The molecule has 0 atom stereocenters. The highest BCUT2D eigenvalue weighted by Crippen LogP contribution is 2.10. The second kappa shape index (κ2) is 8.28. The van der Waals surface area contributed by atoms with E-state index in [-0.39, 0.29) is 11.4 Å². The minimum atomic E-state index is -0.690. The van der Waals surface area contributed by atoms with Crippen molar-refractivity contribution in [1.82, 2.24) is 9.55 Å². The maximum Gasteiger partial charge on any atom is 0.359 e. The first-order valence-corrected chi connectivity index (χ1v) is 5.94. The smallest absolute Gasteiger partial charge is 0.359 e. The van der Waals surface area contributed by atoms with Gasteiger partial charge in [-0.05, 0) is 0 Å². The maximum absolute atomic E-state index is 11.7. The van der Waals surface area contributed by atoms with Gasteiger partial charge < -0.3 is 23.5 Å². The van der Waals surface area contributed by atoms with Crippen molar-refractivity contribution in [3.05, 3.63) is 17.7 Å². The number of ether oxygens (including phenoxy) is 4. The zero-order valence-electron chi connectivity index (χ0n) is 11.7. The number of rotatable bonds is 8. The van der Waals surface area contributed by atoms with E-state index in [2.05, 4.69) is 14.5 Å².